The minimum absolute atomic E-state index is 0.0290. The van der Waals surface area contributed by atoms with Crippen molar-refractivity contribution in [3.05, 3.63) is 93.6 Å². The zero-order chi connectivity index (χ0) is 32.4. The number of likely N-dealkylation sites (tertiary alicyclic amines) is 1. The fraction of sp³-hybridized carbons (Fsp3) is 0.323. The molecule has 14 heteroatoms. The third kappa shape index (κ3) is 7.61. The number of amides is 1. The number of rotatable bonds is 7. The molecule has 0 spiro atoms. The molecule has 1 N–H and O–H groups in total. The number of ether oxygens (including phenoxy) is 2. The Morgan fingerprint density at radius 3 is 2.42 bits per heavy atom. The van der Waals surface area contributed by atoms with Crippen LogP contribution in [0.4, 0.5) is 26.3 Å². The average molecular weight is 652 g/mol. The van der Waals surface area contributed by atoms with Gasteiger partial charge in [-0.25, -0.2) is 0 Å². The Balaban J connectivity index is 1.23. The Morgan fingerprint density at radius 1 is 1.02 bits per heavy atom. The Labute approximate surface area is 258 Å². The lowest BCUT2D eigenvalue weighted by Crippen LogP contribution is -2.38. The highest BCUT2D eigenvalue weighted by Crippen LogP contribution is 2.39. The lowest BCUT2D eigenvalue weighted by molar-refractivity contribution is -0.143. The van der Waals surface area contributed by atoms with Gasteiger partial charge in [0.25, 0.3) is 5.91 Å². The largest absolute Gasteiger partial charge is 0.493 e. The molecular formula is C31H27F6N3O4S. The predicted molar refractivity (Wildman–Crippen MR) is 155 cm³/mol. The Kier molecular flexibility index (Phi) is 9.44. The van der Waals surface area contributed by atoms with Gasteiger partial charge < -0.3 is 19.5 Å². The molecule has 0 aliphatic carbocycles. The fourth-order valence-electron chi connectivity index (χ4n) is 5.07. The number of aliphatic hydroxyl groups excluding tert-OH is 1. The van der Waals surface area contributed by atoms with Crippen molar-refractivity contribution in [3.63, 3.8) is 0 Å². The van der Waals surface area contributed by atoms with E-state index in [1.165, 1.54) is 31.0 Å². The van der Waals surface area contributed by atoms with Gasteiger partial charge in [0, 0.05) is 24.8 Å². The quantitative estimate of drug-likeness (QED) is 0.215. The van der Waals surface area contributed by atoms with Gasteiger partial charge in [0.05, 0.1) is 34.9 Å². The molecule has 7 nitrogen and oxygen atoms in total. The van der Waals surface area contributed by atoms with Crippen LogP contribution in [-0.2, 0) is 23.8 Å². The normalized spacial score (nSPS) is 17.9. The first-order valence-electron chi connectivity index (χ1n) is 13.8. The van der Waals surface area contributed by atoms with E-state index in [1.807, 2.05) is 11.0 Å². The molecule has 0 saturated carbocycles. The van der Waals surface area contributed by atoms with Crippen LogP contribution in [0.1, 0.15) is 46.9 Å². The van der Waals surface area contributed by atoms with E-state index in [2.05, 4.69) is 9.98 Å². The highest BCUT2D eigenvalue weighted by Gasteiger charge is 2.38. The summed E-state index contributed by atoms with van der Waals surface area (Å²) in [5.41, 5.74) is -2.17. The Hall–Kier alpha value is -4.04. The summed E-state index contributed by atoms with van der Waals surface area (Å²) in [5.74, 6) is -0.186. The number of aromatic nitrogens is 1. The molecule has 3 aromatic rings. The Morgan fingerprint density at radius 2 is 1.78 bits per heavy atom. The summed E-state index contributed by atoms with van der Waals surface area (Å²) in [7, 11) is 1.32. The first-order chi connectivity index (χ1) is 21.3. The Bertz CT molecular complexity index is 1600. The summed E-state index contributed by atoms with van der Waals surface area (Å²) in [6.45, 7) is 0.552. The van der Waals surface area contributed by atoms with Crippen LogP contribution in [0.3, 0.4) is 0 Å². The maximum atomic E-state index is 13.5. The van der Waals surface area contributed by atoms with E-state index in [-0.39, 0.29) is 23.5 Å². The van der Waals surface area contributed by atoms with E-state index in [0.29, 0.717) is 53.3 Å². The first-order valence-corrected chi connectivity index (χ1v) is 14.6. The fourth-order valence-corrected chi connectivity index (χ4v) is 6.04. The second-order valence-corrected chi connectivity index (χ2v) is 11.4. The standard InChI is InChI=1S/C31H27F6N3O4S/c1-43-25-14-18(5-8-24(25)44-17-20-6-7-21(30(32,33)34)16-22(20)31(35,36)37)15-26-28(42)39-29(45-26)40-12-9-19(10-13-40)27(41)23-4-2-3-11-38-23/h2-8,11,14-16,19,27,41H,9-10,12-13,17H2,1H3. The summed E-state index contributed by atoms with van der Waals surface area (Å²) in [6, 6.07) is 11.3. The van der Waals surface area contributed by atoms with Crippen molar-refractivity contribution >= 4 is 28.9 Å². The number of pyridine rings is 1. The van der Waals surface area contributed by atoms with Crippen LogP contribution >= 0.6 is 11.8 Å². The average Bonchev–Trinajstić information content (AvgIpc) is 3.39. The number of nitrogens with zero attached hydrogens (tertiary/aromatic N) is 3. The molecule has 3 heterocycles. The molecule has 45 heavy (non-hydrogen) atoms. The summed E-state index contributed by atoms with van der Waals surface area (Å²) < 4.78 is 90.4. The summed E-state index contributed by atoms with van der Waals surface area (Å²) in [6.07, 6.45) is -6.00. The molecule has 2 aromatic carbocycles. The summed E-state index contributed by atoms with van der Waals surface area (Å²) in [5, 5.41) is 11.3. The number of hydrogen-bond donors (Lipinski definition) is 1. The van der Waals surface area contributed by atoms with Crippen LogP contribution < -0.4 is 9.47 Å². The molecule has 2 aliphatic heterocycles. The first kappa shape index (κ1) is 32.4. The van der Waals surface area contributed by atoms with Crippen LogP contribution in [0.5, 0.6) is 11.5 Å². The maximum absolute atomic E-state index is 13.5. The molecule has 5 rings (SSSR count). The number of halogens is 6. The minimum Gasteiger partial charge on any atom is -0.493 e. The number of hydrogen-bond acceptors (Lipinski definition) is 7. The van der Waals surface area contributed by atoms with Crippen LogP contribution in [0.2, 0.25) is 0 Å². The number of benzene rings is 2. The van der Waals surface area contributed by atoms with E-state index in [9.17, 15) is 36.2 Å². The van der Waals surface area contributed by atoms with Gasteiger partial charge in [0.1, 0.15) is 6.61 Å². The van der Waals surface area contributed by atoms with E-state index in [4.69, 9.17) is 9.47 Å². The number of alkyl halides is 6. The van der Waals surface area contributed by atoms with Gasteiger partial charge in [-0.2, -0.15) is 31.3 Å². The molecule has 1 fully saturated rings. The molecule has 0 bridgehead atoms. The number of amidine groups is 1. The topological polar surface area (TPSA) is 84.3 Å². The molecule has 0 radical (unpaired) electrons. The van der Waals surface area contributed by atoms with Crippen LogP contribution in [-0.4, -0.2) is 46.3 Å². The third-order valence-corrected chi connectivity index (χ3v) is 8.51. The van der Waals surface area contributed by atoms with Crippen molar-refractivity contribution in [3.8, 4) is 11.5 Å². The number of aliphatic hydroxyl groups is 1. The van der Waals surface area contributed by atoms with Crippen molar-refractivity contribution in [1.29, 1.82) is 0 Å². The van der Waals surface area contributed by atoms with Gasteiger partial charge >= 0.3 is 12.4 Å². The van der Waals surface area contributed by atoms with E-state index in [1.54, 1.807) is 30.5 Å². The van der Waals surface area contributed by atoms with Crippen molar-refractivity contribution in [2.45, 2.75) is 37.9 Å². The molecule has 1 saturated heterocycles. The number of thioether (sulfide) groups is 1. The van der Waals surface area contributed by atoms with Crippen LogP contribution in [0.25, 0.3) is 6.08 Å². The summed E-state index contributed by atoms with van der Waals surface area (Å²) in [4.78, 5) is 23.5. The highest BCUT2D eigenvalue weighted by atomic mass is 32.2. The van der Waals surface area contributed by atoms with Crippen molar-refractivity contribution in [2.24, 2.45) is 10.9 Å². The van der Waals surface area contributed by atoms with Gasteiger partial charge in [-0.05, 0) is 78.6 Å². The third-order valence-electron chi connectivity index (χ3n) is 7.47. The minimum atomic E-state index is -5.02. The number of carbonyl (C=O) groups is 1. The lowest BCUT2D eigenvalue weighted by atomic mass is 9.89. The van der Waals surface area contributed by atoms with Crippen molar-refractivity contribution in [2.75, 3.05) is 20.2 Å². The zero-order valence-electron chi connectivity index (χ0n) is 23.7. The van der Waals surface area contributed by atoms with Gasteiger partial charge in [0.2, 0.25) is 0 Å². The molecule has 1 unspecified atom stereocenters. The lowest BCUT2D eigenvalue weighted by Gasteiger charge is -2.34. The van der Waals surface area contributed by atoms with Crippen molar-refractivity contribution in [1.82, 2.24) is 9.88 Å². The smallest absolute Gasteiger partial charge is 0.416 e. The molecule has 1 amide bonds. The number of piperidine rings is 1. The number of carbonyl (C=O) groups excluding carboxylic acids is 1. The monoisotopic (exact) mass is 651 g/mol. The van der Waals surface area contributed by atoms with E-state index < -0.39 is 47.7 Å². The number of aliphatic imine (C=N–C) groups is 1. The van der Waals surface area contributed by atoms with Crippen molar-refractivity contribution < 1.29 is 45.7 Å². The second-order valence-electron chi connectivity index (χ2n) is 10.4. The summed E-state index contributed by atoms with van der Waals surface area (Å²) >= 11 is 1.21. The zero-order valence-corrected chi connectivity index (χ0v) is 24.5. The molecule has 2 aliphatic rings. The molecule has 1 atom stereocenters. The molecule has 238 valence electrons. The van der Waals surface area contributed by atoms with E-state index >= 15 is 0 Å². The van der Waals surface area contributed by atoms with Crippen LogP contribution in [0, 0.1) is 5.92 Å². The predicted octanol–water partition coefficient (Wildman–Crippen LogP) is 7.12. The second kappa shape index (κ2) is 13.1. The van der Waals surface area contributed by atoms with E-state index in [0.717, 1.165) is 6.07 Å². The SMILES string of the molecule is COc1cc(C=C2SC(N3CCC(C(O)c4ccccn4)CC3)=NC2=O)ccc1OCc1ccc(C(F)(F)F)cc1C(F)(F)F. The van der Waals surface area contributed by atoms with Gasteiger partial charge in [-0.15, -0.1) is 0 Å². The number of methoxy groups -OCH3 is 1. The van der Waals surface area contributed by atoms with Gasteiger partial charge in [-0.1, -0.05) is 18.2 Å². The maximum Gasteiger partial charge on any atom is 0.416 e. The van der Waals surface area contributed by atoms with Gasteiger partial charge in [0.15, 0.2) is 16.7 Å². The highest BCUT2D eigenvalue weighted by molar-refractivity contribution is 8.18. The molecule has 1 aromatic heterocycles. The van der Waals surface area contributed by atoms with Crippen LogP contribution in [0.15, 0.2) is 70.7 Å². The molecular weight excluding hydrogens is 624 g/mol. The van der Waals surface area contributed by atoms with Gasteiger partial charge in [-0.3, -0.25) is 9.78 Å².